The molecule has 0 radical (unpaired) electrons. The van der Waals surface area contributed by atoms with E-state index in [1.165, 1.54) is 11.1 Å². The summed E-state index contributed by atoms with van der Waals surface area (Å²) in [6, 6.07) is 12.2. The van der Waals surface area contributed by atoms with E-state index in [-0.39, 0.29) is 11.9 Å². The molecule has 4 rings (SSSR count). The van der Waals surface area contributed by atoms with Crippen molar-refractivity contribution in [3.05, 3.63) is 65.5 Å². The minimum atomic E-state index is -0.0163. The molecule has 0 bridgehead atoms. The standard InChI is InChI=1S/C18H19N3O/c1-21-10-15-13-4-2-3-5-14(13)17(16(15)11-21)20-18(22)12-6-8-19-9-7-12/h2-9,15-17H,10-11H2,1H3,(H,20,22)/t15-,16-,17+/m0/s1. The number of fused-ring (bicyclic) bond motifs is 3. The molecule has 1 amide bonds. The van der Waals surface area contributed by atoms with Crippen LogP contribution in [0.2, 0.25) is 0 Å². The molecule has 4 heteroatoms. The third kappa shape index (κ3) is 2.11. The first-order valence-electron chi connectivity index (χ1n) is 7.72. The molecule has 2 aromatic rings. The lowest BCUT2D eigenvalue weighted by Crippen LogP contribution is -2.33. The quantitative estimate of drug-likeness (QED) is 0.923. The fourth-order valence-electron chi connectivity index (χ4n) is 3.97. The summed E-state index contributed by atoms with van der Waals surface area (Å²) in [5.74, 6) is 0.981. The van der Waals surface area contributed by atoms with Crippen LogP contribution in [0.15, 0.2) is 48.8 Å². The number of hydrogen-bond acceptors (Lipinski definition) is 3. The van der Waals surface area contributed by atoms with Gasteiger partial charge >= 0.3 is 0 Å². The topological polar surface area (TPSA) is 45.2 Å². The van der Waals surface area contributed by atoms with Crippen LogP contribution in [0.5, 0.6) is 0 Å². The highest BCUT2D eigenvalue weighted by molar-refractivity contribution is 5.94. The van der Waals surface area contributed by atoms with Crippen molar-refractivity contribution in [3.63, 3.8) is 0 Å². The fourth-order valence-corrected chi connectivity index (χ4v) is 3.97. The Morgan fingerprint density at radius 3 is 2.64 bits per heavy atom. The molecule has 0 unspecified atom stereocenters. The van der Waals surface area contributed by atoms with Crippen LogP contribution in [0.1, 0.15) is 33.4 Å². The molecule has 2 aliphatic rings. The van der Waals surface area contributed by atoms with Crippen LogP contribution in [-0.4, -0.2) is 35.9 Å². The van der Waals surface area contributed by atoms with E-state index >= 15 is 0 Å². The highest BCUT2D eigenvalue weighted by atomic mass is 16.1. The van der Waals surface area contributed by atoms with Crippen LogP contribution < -0.4 is 5.32 Å². The smallest absolute Gasteiger partial charge is 0.251 e. The van der Waals surface area contributed by atoms with Crippen LogP contribution >= 0.6 is 0 Å². The lowest BCUT2D eigenvalue weighted by Gasteiger charge is -2.21. The van der Waals surface area contributed by atoms with Crippen molar-refractivity contribution >= 4 is 5.91 Å². The number of nitrogens with one attached hydrogen (secondary N) is 1. The van der Waals surface area contributed by atoms with E-state index in [1.54, 1.807) is 24.5 Å². The van der Waals surface area contributed by atoms with Crippen molar-refractivity contribution in [1.29, 1.82) is 0 Å². The van der Waals surface area contributed by atoms with Crippen molar-refractivity contribution in [2.75, 3.05) is 20.1 Å². The van der Waals surface area contributed by atoms with E-state index < -0.39 is 0 Å². The van der Waals surface area contributed by atoms with Crippen LogP contribution in [0, 0.1) is 5.92 Å². The maximum Gasteiger partial charge on any atom is 0.251 e. The summed E-state index contributed by atoms with van der Waals surface area (Å²) in [7, 11) is 2.16. The van der Waals surface area contributed by atoms with E-state index in [4.69, 9.17) is 0 Å². The minimum absolute atomic E-state index is 0.0163. The Morgan fingerprint density at radius 1 is 1.14 bits per heavy atom. The van der Waals surface area contributed by atoms with E-state index in [1.807, 2.05) is 0 Å². The Bertz CT molecular complexity index is 700. The summed E-state index contributed by atoms with van der Waals surface area (Å²) in [6.45, 7) is 2.10. The normalized spacial score (nSPS) is 26.5. The molecular formula is C18H19N3O. The van der Waals surface area contributed by atoms with Gasteiger partial charge in [-0.2, -0.15) is 0 Å². The Labute approximate surface area is 130 Å². The molecule has 1 saturated heterocycles. The Hall–Kier alpha value is -2.20. The second-order valence-corrected chi connectivity index (χ2v) is 6.31. The Morgan fingerprint density at radius 2 is 1.86 bits per heavy atom. The van der Waals surface area contributed by atoms with E-state index in [2.05, 4.69) is 46.5 Å². The van der Waals surface area contributed by atoms with Gasteiger partial charge in [-0.3, -0.25) is 9.78 Å². The van der Waals surface area contributed by atoms with Gasteiger partial charge in [-0.15, -0.1) is 0 Å². The van der Waals surface area contributed by atoms with Gasteiger partial charge in [-0.1, -0.05) is 24.3 Å². The third-order valence-corrected chi connectivity index (χ3v) is 4.94. The lowest BCUT2D eigenvalue weighted by atomic mass is 9.94. The zero-order valence-corrected chi connectivity index (χ0v) is 12.6. The number of carbonyl (C=O) groups excluding carboxylic acids is 1. The first-order chi connectivity index (χ1) is 10.7. The molecule has 1 aliphatic carbocycles. The van der Waals surface area contributed by atoms with Crippen LogP contribution in [0.3, 0.4) is 0 Å². The molecule has 1 aliphatic heterocycles. The Balaban J connectivity index is 1.65. The first-order valence-corrected chi connectivity index (χ1v) is 7.72. The van der Waals surface area contributed by atoms with Gasteiger partial charge in [0.15, 0.2) is 0 Å². The number of amides is 1. The zero-order chi connectivity index (χ0) is 15.1. The SMILES string of the molecule is CN1C[C@@H]2[C@H](NC(=O)c3ccncc3)c3ccccc3[C@@H]2C1. The van der Waals surface area contributed by atoms with Gasteiger partial charge in [0.05, 0.1) is 6.04 Å². The van der Waals surface area contributed by atoms with Gasteiger partial charge < -0.3 is 10.2 Å². The van der Waals surface area contributed by atoms with Gasteiger partial charge in [-0.05, 0) is 30.3 Å². The van der Waals surface area contributed by atoms with E-state index in [0.717, 1.165) is 13.1 Å². The molecule has 3 atom stereocenters. The molecule has 1 fully saturated rings. The number of likely N-dealkylation sites (tertiary alicyclic amines) is 1. The van der Waals surface area contributed by atoms with Gasteiger partial charge in [0.25, 0.3) is 5.91 Å². The highest BCUT2D eigenvalue weighted by Gasteiger charge is 2.45. The van der Waals surface area contributed by atoms with Gasteiger partial charge in [0.1, 0.15) is 0 Å². The summed E-state index contributed by atoms with van der Waals surface area (Å²) in [5.41, 5.74) is 3.35. The van der Waals surface area contributed by atoms with Crippen LogP contribution in [0.4, 0.5) is 0 Å². The second-order valence-electron chi connectivity index (χ2n) is 6.31. The average molecular weight is 293 g/mol. The predicted octanol–water partition coefficient (Wildman–Crippen LogP) is 2.21. The summed E-state index contributed by atoms with van der Waals surface area (Å²) >= 11 is 0. The third-order valence-electron chi connectivity index (χ3n) is 4.94. The lowest BCUT2D eigenvalue weighted by molar-refractivity contribution is 0.0924. The molecular weight excluding hydrogens is 274 g/mol. The maximum atomic E-state index is 12.5. The molecule has 0 saturated carbocycles. The van der Waals surface area contributed by atoms with Crippen LogP contribution in [0.25, 0.3) is 0 Å². The zero-order valence-electron chi connectivity index (χ0n) is 12.6. The summed E-state index contributed by atoms with van der Waals surface area (Å²) in [6.07, 6.45) is 3.31. The van der Waals surface area contributed by atoms with Crippen molar-refractivity contribution in [2.45, 2.75) is 12.0 Å². The number of pyridine rings is 1. The van der Waals surface area contributed by atoms with Crippen molar-refractivity contribution in [3.8, 4) is 0 Å². The molecule has 1 N–H and O–H groups in total. The maximum absolute atomic E-state index is 12.5. The molecule has 2 heterocycles. The molecule has 1 aromatic carbocycles. The molecule has 1 aromatic heterocycles. The largest absolute Gasteiger partial charge is 0.345 e. The second kappa shape index (κ2) is 5.21. The van der Waals surface area contributed by atoms with Gasteiger partial charge in [0.2, 0.25) is 0 Å². The number of aromatic nitrogens is 1. The van der Waals surface area contributed by atoms with Crippen molar-refractivity contribution in [2.24, 2.45) is 5.92 Å². The molecule has 4 nitrogen and oxygen atoms in total. The number of carbonyl (C=O) groups is 1. The Kier molecular flexibility index (Phi) is 3.19. The van der Waals surface area contributed by atoms with E-state index in [9.17, 15) is 4.79 Å². The summed E-state index contributed by atoms with van der Waals surface area (Å²) < 4.78 is 0. The number of nitrogens with zero attached hydrogens (tertiary/aromatic N) is 2. The minimum Gasteiger partial charge on any atom is -0.345 e. The number of hydrogen-bond donors (Lipinski definition) is 1. The van der Waals surface area contributed by atoms with Crippen molar-refractivity contribution < 1.29 is 4.79 Å². The highest BCUT2D eigenvalue weighted by Crippen LogP contribution is 2.48. The fraction of sp³-hybridized carbons (Fsp3) is 0.333. The van der Waals surface area contributed by atoms with Crippen molar-refractivity contribution in [1.82, 2.24) is 15.2 Å². The summed E-state index contributed by atoms with van der Waals surface area (Å²) in [5, 5.41) is 3.25. The number of likely N-dealkylation sites (N-methyl/N-ethyl adjacent to an activating group) is 1. The first kappa shape index (κ1) is 13.5. The van der Waals surface area contributed by atoms with E-state index in [0.29, 0.717) is 17.4 Å². The average Bonchev–Trinajstić information content (AvgIpc) is 3.06. The van der Waals surface area contributed by atoms with Crippen LogP contribution in [-0.2, 0) is 0 Å². The van der Waals surface area contributed by atoms with Gasteiger partial charge in [-0.25, -0.2) is 0 Å². The number of rotatable bonds is 2. The molecule has 22 heavy (non-hydrogen) atoms. The molecule has 0 spiro atoms. The number of benzene rings is 1. The predicted molar refractivity (Wildman–Crippen MR) is 84.6 cm³/mol. The summed E-state index contributed by atoms with van der Waals surface area (Å²) in [4.78, 5) is 18.9. The van der Waals surface area contributed by atoms with Gasteiger partial charge in [0, 0.05) is 42.9 Å². The monoisotopic (exact) mass is 293 g/mol. The molecule has 112 valence electrons.